The summed E-state index contributed by atoms with van der Waals surface area (Å²) < 4.78 is 15.2. The largest absolute Gasteiger partial charge is 0.465 e. The van der Waals surface area contributed by atoms with E-state index in [1.54, 1.807) is 12.0 Å². The number of aryl methyl sites for hydroxylation is 4. The molecule has 2 fully saturated rings. The number of amides is 4. The van der Waals surface area contributed by atoms with E-state index in [2.05, 4.69) is 93.4 Å². The number of carboxylic acid groups (broad SMARTS) is 1. The van der Waals surface area contributed by atoms with Crippen LogP contribution in [0.3, 0.4) is 0 Å². The third-order valence-electron chi connectivity index (χ3n) is 13.6. The Labute approximate surface area is 388 Å². The van der Waals surface area contributed by atoms with Crippen molar-refractivity contribution in [2.24, 2.45) is 0 Å². The lowest BCUT2D eigenvalue weighted by molar-refractivity contribution is -0.135. The first kappa shape index (κ1) is 45.4. The van der Waals surface area contributed by atoms with E-state index in [0.29, 0.717) is 31.9 Å². The van der Waals surface area contributed by atoms with Crippen molar-refractivity contribution >= 4 is 46.1 Å². The Bertz CT molecular complexity index is 2800. The van der Waals surface area contributed by atoms with Crippen molar-refractivity contribution in [1.82, 2.24) is 40.4 Å². The number of nitrogens with zero attached hydrogens (tertiary/aromatic N) is 4. The average Bonchev–Trinajstić information content (AvgIpc) is 4.17. The van der Waals surface area contributed by atoms with Crippen LogP contribution in [0.2, 0.25) is 0 Å². The summed E-state index contributed by atoms with van der Waals surface area (Å²) in [6.45, 7) is 1.67. The van der Waals surface area contributed by atoms with Crippen molar-refractivity contribution in [3.8, 4) is 22.3 Å². The summed E-state index contributed by atoms with van der Waals surface area (Å²) in [5, 5.41) is 14.5. The number of carbonyl (C=O) groups excluding carboxylic acids is 3. The molecule has 12 rings (SSSR count). The van der Waals surface area contributed by atoms with Gasteiger partial charge in [0.15, 0.2) is 0 Å². The molecule has 16 nitrogen and oxygen atoms in total. The summed E-state index contributed by atoms with van der Waals surface area (Å²) in [6.07, 6.45) is 5.17. The van der Waals surface area contributed by atoms with Gasteiger partial charge in [-0.1, -0.05) is 48.5 Å². The summed E-state index contributed by atoms with van der Waals surface area (Å²) in [7, 11) is 4.38. The summed E-state index contributed by atoms with van der Waals surface area (Å²) in [6, 6.07) is 24.2. The summed E-state index contributed by atoms with van der Waals surface area (Å²) in [5.41, 5.74) is 13.0. The quantitative estimate of drug-likeness (QED) is 0.0732. The fourth-order valence-corrected chi connectivity index (χ4v) is 10.2. The van der Waals surface area contributed by atoms with Gasteiger partial charge in [0, 0.05) is 53.4 Å². The molecule has 67 heavy (non-hydrogen) atoms. The van der Waals surface area contributed by atoms with Crippen molar-refractivity contribution in [3.63, 3.8) is 0 Å². The maximum atomic E-state index is 13.8. The minimum atomic E-state index is -1.24. The molecule has 4 aliphatic carbocycles. The van der Waals surface area contributed by atoms with Crippen LogP contribution in [0, 0.1) is 0 Å². The molecule has 0 unspecified atom stereocenters. The Kier molecular flexibility index (Phi) is 13.5. The molecule has 4 atom stereocenters. The number of ether oxygens (including phenoxy) is 3. The fraction of sp³-hybridized carbons (Fsp3) is 0.412. The number of carbonyl (C=O) groups is 4. The lowest BCUT2D eigenvalue weighted by Crippen LogP contribution is -2.49. The number of likely N-dealkylation sites (tertiary alicyclic amines) is 2. The SMILES string of the molecule is COCC[C@H](NC(=O)O)C(=O)N1CCC[C@H]1c1nc2cc(-c3cc4ccc3CCc3ccc(c(-c5ccc6[nH]c([C@@H]7CCCN7C(=O)[C@H](CCOC)NC(=O)OC)nc6c5)c3)CC4)ccc2[nH]1. The highest BCUT2D eigenvalue weighted by atomic mass is 16.5. The van der Waals surface area contributed by atoms with Gasteiger partial charge in [-0.25, -0.2) is 19.6 Å². The third-order valence-corrected chi connectivity index (χ3v) is 13.6. The molecular formula is C51H58N8O8. The van der Waals surface area contributed by atoms with Crippen LogP contribution in [-0.4, -0.2) is 119 Å². The van der Waals surface area contributed by atoms with Crippen molar-refractivity contribution in [2.45, 2.75) is 88.4 Å². The molecule has 6 aromatic rings. The number of fused-ring (bicyclic) bond motifs is 2. The zero-order valence-electron chi connectivity index (χ0n) is 38.2. The molecule has 0 radical (unpaired) electrons. The van der Waals surface area contributed by atoms with Gasteiger partial charge >= 0.3 is 12.2 Å². The molecule has 0 saturated carbocycles. The Morgan fingerprint density at radius 3 is 1.58 bits per heavy atom. The molecule has 4 aromatic carbocycles. The molecule has 0 spiro atoms. The molecule has 4 amide bonds. The Morgan fingerprint density at radius 1 is 0.657 bits per heavy atom. The van der Waals surface area contributed by atoms with Crippen LogP contribution in [0.4, 0.5) is 9.59 Å². The van der Waals surface area contributed by atoms with Crippen LogP contribution in [0.15, 0.2) is 72.8 Å². The lowest BCUT2D eigenvalue weighted by Gasteiger charge is -2.28. The van der Waals surface area contributed by atoms with Gasteiger partial charge in [0.2, 0.25) is 11.8 Å². The molecule has 4 heterocycles. The molecule has 350 valence electrons. The van der Waals surface area contributed by atoms with E-state index in [0.717, 1.165) is 90.4 Å². The molecule has 2 aromatic heterocycles. The number of H-pyrrole nitrogens is 2. The van der Waals surface area contributed by atoms with Gasteiger partial charge in [0.1, 0.15) is 23.7 Å². The van der Waals surface area contributed by atoms with Gasteiger partial charge in [-0.2, -0.15) is 0 Å². The molecule has 2 saturated heterocycles. The zero-order chi connectivity index (χ0) is 46.6. The minimum Gasteiger partial charge on any atom is -0.465 e. The average molecular weight is 911 g/mol. The predicted molar refractivity (Wildman–Crippen MR) is 253 cm³/mol. The molecule has 6 aliphatic rings. The van der Waals surface area contributed by atoms with E-state index in [4.69, 9.17) is 24.2 Å². The number of alkyl carbamates (subject to hydrolysis) is 1. The third kappa shape index (κ3) is 9.72. The first-order valence-electron chi connectivity index (χ1n) is 23.3. The van der Waals surface area contributed by atoms with Crippen LogP contribution in [0.1, 0.15) is 84.5 Å². The molecule has 5 N–H and O–H groups in total. The van der Waals surface area contributed by atoms with Crippen LogP contribution < -0.4 is 10.6 Å². The predicted octanol–water partition coefficient (Wildman–Crippen LogP) is 7.42. The van der Waals surface area contributed by atoms with Gasteiger partial charge in [-0.05, 0) is 120 Å². The number of hydrogen-bond donors (Lipinski definition) is 5. The zero-order valence-corrected chi connectivity index (χ0v) is 38.2. The number of nitrogens with one attached hydrogen (secondary N) is 4. The second-order valence-electron chi connectivity index (χ2n) is 17.8. The van der Waals surface area contributed by atoms with Crippen molar-refractivity contribution in [1.29, 1.82) is 0 Å². The molecule has 2 aliphatic heterocycles. The first-order valence-corrected chi connectivity index (χ1v) is 23.3. The highest BCUT2D eigenvalue weighted by molar-refractivity contribution is 5.88. The highest BCUT2D eigenvalue weighted by Gasteiger charge is 2.38. The fourth-order valence-electron chi connectivity index (χ4n) is 10.2. The summed E-state index contributed by atoms with van der Waals surface area (Å²) >= 11 is 0. The number of rotatable bonds is 14. The van der Waals surface area contributed by atoms with Crippen LogP contribution in [0.25, 0.3) is 44.3 Å². The second kappa shape index (κ2) is 20.0. The smallest absolute Gasteiger partial charge is 0.407 e. The Balaban J connectivity index is 0.934. The van der Waals surface area contributed by atoms with Gasteiger partial charge in [0.25, 0.3) is 0 Å². The molecular weight excluding hydrogens is 853 g/mol. The Hall–Kier alpha value is -6.78. The highest BCUT2D eigenvalue weighted by Crippen LogP contribution is 2.37. The maximum absolute atomic E-state index is 13.8. The molecule has 16 heteroatoms. The van der Waals surface area contributed by atoms with Gasteiger partial charge < -0.3 is 49.7 Å². The van der Waals surface area contributed by atoms with E-state index in [1.165, 1.54) is 47.6 Å². The van der Waals surface area contributed by atoms with E-state index in [9.17, 15) is 24.3 Å². The van der Waals surface area contributed by atoms with Crippen molar-refractivity contribution in [2.75, 3.05) is 47.6 Å². The number of hydrogen-bond acceptors (Lipinski definition) is 9. The maximum Gasteiger partial charge on any atom is 0.407 e. The van der Waals surface area contributed by atoms with Crippen LogP contribution >= 0.6 is 0 Å². The van der Waals surface area contributed by atoms with Gasteiger partial charge in [-0.3, -0.25) is 9.59 Å². The van der Waals surface area contributed by atoms with Crippen molar-refractivity contribution < 1.29 is 38.5 Å². The number of aromatic nitrogens is 4. The number of aromatic amines is 2. The molecule has 4 bridgehead atoms. The second-order valence-corrected chi connectivity index (χ2v) is 17.8. The normalized spacial score (nSPS) is 18.0. The van der Waals surface area contributed by atoms with E-state index < -0.39 is 24.3 Å². The monoisotopic (exact) mass is 910 g/mol. The van der Waals surface area contributed by atoms with E-state index in [-0.39, 0.29) is 36.9 Å². The van der Waals surface area contributed by atoms with Crippen LogP contribution in [0.5, 0.6) is 0 Å². The van der Waals surface area contributed by atoms with Crippen LogP contribution in [-0.2, 0) is 49.5 Å². The summed E-state index contributed by atoms with van der Waals surface area (Å²) in [4.78, 5) is 71.8. The van der Waals surface area contributed by atoms with Crippen molar-refractivity contribution in [3.05, 3.63) is 107 Å². The standard InChI is InChI=1S/C51H58N8O8/c1-65-24-20-40(56-50(62)63)48(60)58-22-4-6-44(58)46-52-38-18-16-34(28-42(38)54-46)36-26-30-8-12-32(36)13-9-31-11-15-33(14-10-30)37(27-31)35-17-19-39-43(29-35)55-47(53-39)45-7-5-23-59(45)49(61)41(21-25-66-2)57-51(64)67-3/h8,11-12,15-19,26-29,40-41,44-45,56H,4-7,9-10,13-14,20-25H2,1-3H3,(H,52,54)(H,53,55)(H,57,64)(H,62,63)/t40-,41-,44-,45-/m0/s1. The number of benzene rings is 4. The van der Waals surface area contributed by atoms with E-state index >= 15 is 0 Å². The minimum absolute atomic E-state index is 0.180. The topological polar surface area (TPSA) is 204 Å². The van der Waals surface area contributed by atoms with Gasteiger partial charge in [-0.15, -0.1) is 0 Å². The first-order chi connectivity index (χ1) is 32.6. The lowest BCUT2D eigenvalue weighted by atomic mass is 9.87. The summed E-state index contributed by atoms with van der Waals surface area (Å²) in [5.74, 6) is 0.984. The Morgan fingerprint density at radius 2 is 1.13 bits per heavy atom. The number of imidazole rings is 2. The van der Waals surface area contributed by atoms with Gasteiger partial charge in [0.05, 0.1) is 41.3 Å². The number of methoxy groups -OCH3 is 3. The van der Waals surface area contributed by atoms with E-state index in [1.807, 2.05) is 4.90 Å².